The van der Waals surface area contributed by atoms with Crippen molar-refractivity contribution in [1.29, 1.82) is 0 Å². The Hall–Kier alpha value is -2.73. The molecule has 0 aliphatic carbocycles. The lowest BCUT2D eigenvalue weighted by atomic mass is 10.3. The molecule has 1 aromatic heterocycles. The van der Waals surface area contributed by atoms with Crippen molar-refractivity contribution in [1.82, 2.24) is 9.55 Å². The fourth-order valence-electron chi connectivity index (χ4n) is 2.64. The van der Waals surface area contributed by atoms with E-state index in [9.17, 15) is 9.59 Å². The Balaban J connectivity index is 1.67. The average Bonchev–Trinajstić information content (AvgIpc) is 2.88. The normalized spacial score (nSPS) is 10.7. The highest BCUT2D eigenvalue weighted by molar-refractivity contribution is 7.99. The lowest BCUT2D eigenvalue weighted by Crippen LogP contribution is -2.22. The van der Waals surface area contributed by atoms with E-state index < -0.39 is 0 Å². The van der Waals surface area contributed by atoms with Gasteiger partial charge in [0.2, 0.25) is 5.91 Å². The van der Waals surface area contributed by atoms with Gasteiger partial charge in [-0.15, -0.1) is 0 Å². The number of aromatic nitrogens is 2. The van der Waals surface area contributed by atoms with Crippen molar-refractivity contribution in [2.45, 2.75) is 36.6 Å². The number of nitrogens with zero attached hydrogens (tertiary/aromatic N) is 1. The molecule has 3 rings (SSSR count). The highest BCUT2D eigenvalue weighted by atomic mass is 32.2. The number of aromatic amines is 1. The van der Waals surface area contributed by atoms with Crippen LogP contribution in [0.4, 0.5) is 5.69 Å². The number of amides is 1. The van der Waals surface area contributed by atoms with Gasteiger partial charge in [-0.1, -0.05) is 42.1 Å². The van der Waals surface area contributed by atoms with Crippen LogP contribution in [0, 0.1) is 13.8 Å². The van der Waals surface area contributed by atoms with Gasteiger partial charge in [-0.05, 0) is 38.1 Å². The van der Waals surface area contributed by atoms with Gasteiger partial charge in [-0.3, -0.25) is 9.36 Å². The molecule has 0 aliphatic heterocycles. The zero-order valence-electron chi connectivity index (χ0n) is 14.8. The highest BCUT2D eigenvalue weighted by Crippen LogP contribution is 2.33. The van der Waals surface area contributed by atoms with Gasteiger partial charge in [0.15, 0.2) is 0 Å². The molecule has 0 spiro atoms. The van der Waals surface area contributed by atoms with Crippen LogP contribution in [0.3, 0.4) is 0 Å². The van der Waals surface area contributed by atoms with Crippen LogP contribution in [0.25, 0.3) is 0 Å². The summed E-state index contributed by atoms with van der Waals surface area (Å²) in [5, 5.41) is 2.96. The van der Waals surface area contributed by atoms with Gasteiger partial charge in [0.1, 0.15) is 0 Å². The zero-order chi connectivity index (χ0) is 18.5. The monoisotopic (exact) mass is 367 g/mol. The van der Waals surface area contributed by atoms with Crippen molar-refractivity contribution in [3.63, 3.8) is 0 Å². The number of aryl methyl sites for hydroxylation is 1. The minimum Gasteiger partial charge on any atom is -0.325 e. The van der Waals surface area contributed by atoms with Crippen LogP contribution in [0.15, 0.2) is 69.2 Å². The maximum atomic E-state index is 12.4. The summed E-state index contributed by atoms with van der Waals surface area (Å²) in [7, 11) is 0. The Kier molecular flexibility index (Phi) is 5.63. The number of hydrogen-bond donors (Lipinski definition) is 2. The van der Waals surface area contributed by atoms with Crippen LogP contribution in [0.5, 0.6) is 0 Å². The molecule has 1 amide bonds. The highest BCUT2D eigenvalue weighted by Gasteiger charge is 2.11. The predicted octanol–water partition coefficient (Wildman–Crippen LogP) is 3.97. The van der Waals surface area contributed by atoms with E-state index in [2.05, 4.69) is 10.3 Å². The third-order valence-electron chi connectivity index (χ3n) is 4.18. The summed E-state index contributed by atoms with van der Waals surface area (Å²) in [6.45, 7) is 4.08. The quantitative estimate of drug-likeness (QED) is 0.693. The van der Waals surface area contributed by atoms with Gasteiger partial charge < -0.3 is 10.3 Å². The number of nitrogens with one attached hydrogen (secondary N) is 2. The second-order valence-corrected chi connectivity index (χ2v) is 7.12. The van der Waals surface area contributed by atoms with Crippen molar-refractivity contribution in [2.75, 3.05) is 5.32 Å². The Labute approximate surface area is 156 Å². The van der Waals surface area contributed by atoms with Crippen molar-refractivity contribution in [2.24, 2.45) is 0 Å². The van der Waals surface area contributed by atoms with Crippen LogP contribution in [0.1, 0.15) is 17.8 Å². The molecule has 0 atom stereocenters. The molecule has 0 saturated heterocycles. The van der Waals surface area contributed by atoms with Crippen molar-refractivity contribution < 1.29 is 4.79 Å². The van der Waals surface area contributed by atoms with Crippen LogP contribution in [-0.4, -0.2) is 15.5 Å². The molecule has 6 heteroatoms. The number of hydrogen-bond acceptors (Lipinski definition) is 3. The van der Waals surface area contributed by atoms with Crippen molar-refractivity contribution in [3.05, 3.63) is 76.5 Å². The third-order valence-corrected chi connectivity index (χ3v) is 5.27. The Morgan fingerprint density at radius 1 is 1.08 bits per heavy atom. The van der Waals surface area contributed by atoms with Gasteiger partial charge in [0.25, 0.3) is 0 Å². The summed E-state index contributed by atoms with van der Waals surface area (Å²) in [6.07, 6.45) is 0.238. The van der Waals surface area contributed by atoms with E-state index in [1.165, 1.54) is 0 Å². The van der Waals surface area contributed by atoms with Gasteiger partial charge >= 0.3 is 5.69 Å². The molecule has 0 fully saturated rings. The largest absolute Gasteiger partial charge is 0.325 e. The first-order chi connectivity index (χ1) is 12.5. The fraction of sp³-hybridized carbons (Fsp3) is 0.200. The van der Waals surface area contributed by atoms with E-state index in [0.717, 1.165) is 26.9 Å². The predicted molar refractivity (Wildman–Crippen MR) is 105 cm³/mol. The van der Waals surface area contributed by atoms with Crippen LogP contribution in [0.2, 0.25) is 0 Å². The number of H-pyrrole nitrogens is 1. The molecular weight excluding hydrogens is 346 g/mol. The van der Waals surface area contributed by atoms with E-state index >= 15 is 0 Å². The van der Waals surface area contributed by atoms with Gasteiger partial charge in [0, 0.05) is 34.1 Å². The summed E-state index contributed by atoms with van der Waals surface area (Å²) in [6, 6.07) is 17.7. The lowest BCUT2D eigenvalue weighted by Gasteiger charge is -2.11. The smallest absolute Gasteiger partial charge is 0.325 e. The molecule has 0 bridgehead atoms. The first-order valence-corrected chi connectivity index (χ1v) is 9.24. The lowest BCUT2D eigenvalue weighted by molar-refractivity contribution is -0.116. The summed E-state index contributed by atoms with van der Waals surface area (Å²) < 4.78 is 1.60. The number of benzene rings is 2. The maximum Gasteiger partial charge on any atom is 0.325 e. The number of rotatable bonds is 6. The van der Waals surface area contributed by atoms with E-state index in [0.29, 0.717) is 6.54 Å². The second kappa shape index (κ2) is 8.10. The molecule has 0 unspecified atom stereocenters. The van der Waals surface area contributed by atoms with Gasteiger partial charge in [-0.2, -0.15) is 0 Å². The number of carbonyl (C=O) groups excluding carboxylic acids is 1. The summed E-state index contributed by atoms with van der Waals surface area (Å²) in [5.41, 5.74) is 2.30. The Morgan fingerprint density at radius 3 is 2.46 bits per heavy atom. The SMILES string of the molecule is Cc1[nH]c(=O)n(CCC(=O)Nc2ccccc2Sc2ccccc2)c1C. The Bertz CT molecular complexity index is 961. The summed E-state index contributed by atoms with van der Waals surface area (Å²) >= 11 is 1.60. The molecule has 0 aliphatic rings. The molecule has 134 valence electrons. The fourth-order valence-corrected chi connectivity index (χ4v) is 3.57. The topological polar surface area (TPSA) is 66.9 Å². The minimum absolute atomic E-state index is 0.115. The number of imidazole rings is 1. The van der Waals surface area contributed by atoms with Crippen molar-refractivity contribution in [3.8, 4) is 0 Å². The van der Waals surface area contributed by atoms with E-state index in [-0.39, 0.29) is 18.0 Å². The molecule has 3 aromatic rings. The number of para-hydroxylation sites is 1. The second-order valence-electron chi connectivity index (χ2n) is 6.00. The van der Waals surface area contributed by atoms with E-state index in [1.807, 2.05) is 68.4 Å². The van der Waals surface area contributed by atoms with Crippen LogP contribution >= 0.6 is 11.8 Å². The average molecular weight is 367 g/mol. The first kappa shape index (κ1) is 18.1. The van der Waals surface area contributed by atoms with Crippen LogP contribution < -0.4 is 11.0 Å². The Morgan fingerprint density at radius 2 is 1.77 bits per heavy atom. The number of carbonyl (C=O) groups is 1. The number of anilines is 1. The molecule has 0 saturated carbocycles. The third kappa shape index (κ3) is 4.26. The molecular formula is C20H21N3O2S. The molecule has 2 N–H and O–H groups in total. The van der Waals surface area contributed by atoms with E-state index in [4.69, 9.17) is 0 Å². The molecule has 0 radical (unpaired) electrons. The van der Waals surface area contributed by atoms with Gasteiger partial charge in [0.05, 0.1) is 5.69 Å². The van der Waals surface area contributed by atoms with Crippen molar-refractivity contribution >= 4 is 23.4 Å². The van der Waals surface area contributed by atoms with Gasteiger partial charge in [-0.25, -0.2) is 4.79 Å². The maximum absolute atomic E-state index is 12.4. The summed E-state index contributed by atoms with van der Waals surface area (Å²) in [4.78, 5) is 29.1. The zero-order valence-corrected chi connectivity index (χ0v) is 15.6. The minimum atomic E-state index is -0.173. The molecule has 2 aromatic carbocycles. The standard InChI is InChI=1S/C20H21N3O2S/c1-14-15(2)23(20(25)21-14)13-12-19(24)22-17-10-6-7-11-18(17)26-16-8-4-3-5-9-16/h3-11H,12-13H2,1-2H3,(H,21,25)(H,22,24). The van der Waals surface area contributed by atoms with E-state index in [1.54, 1.807) is 16.3 Å². The molecule has 1 heterocycles. The molecule has 26 heavy (non-hydrogen) atoms. The molecule has 5 nitrogen and oxygen atoms in total. The first-order valence-electron chi connectivity index (χ1n) is 8.42. The summed E-state index contributed by atoms with van der Waals surface area (Å²) in [5.74, 6) is -0.115. The van der Waals surface area contributed by atoms with Crippen LogP contribution in [-0.2, 0) is 11.3 Å².